The predicted molar refractivity (Wildman–Crippen MR) is 110 cm³/mol. The van der Waals surface area contributed by atoms with Gasteiger partial charge in [-0.2, -0.15) is 13.2 Å². The summed E-state index contributed by atoms with van der Waals surface area (Å²) in [6.45, 7) is 0. The van der Waals surface area contributed by atoms with Gasteiger partial charge < -0.3 is 9.72 Å². The fourth-order valence-corrected chi connectivity index (χ4v) is 3.79. The van der Waals surface area contributed by atoms with Crippen LogP contribution in [0.15, 0.2) is 60.7 Å². The number of nitrogens with one attached hydrogen (secondary N) is 1. The van der Waals surface area contributed by atoms with Crippen molar-refractivity contribution in [1.82, 2.24) is 14.5 Å². The molecule has 9 heteroatoms. The number of aromatic nitrogens is 3. The smallest absolute Gasteiger partial charge is 0.450 e. The van der Waals surface area contributed by atoms with Crippen molar-refractivity contribution in [3.63, 3.8) is 0 Å². The van der Waals surface area contributed by atoms with Crippen LogP contribution in [0.2, 0.25) is 0 Å². The first-order valence-electron chi connectivity index (χ1n) is 9.47. The predicted octanol–water partition coefficient (Wildman–Crippen LogP) is 6.48. The molecular weight excluding hydrogens is 429 g/mol. The molecule has 5 aromatic rings. The summed E-state index contributed by atoms with van der Waals surface area (Å²) < 4.78 is 75.8. The minimum atomic E-state index is -4.71. The van der Waals surface area contributed by atoms with Crippen molar-refractivity contribution in [3.05, 3.63) is 78.1 Å². The topological polar surface area (TPSA) is 42.8 Å². The standard InChI is InChI=1S/C23H14F5N3O/c1-32-14-6-8-20-18(11-14)30-22(23(26,27)28)31(20)13-5-7-17-12(9-13)10-19(29-17)21-15(24)3-2-4-16(21)25/h2-11,29H,1H3. The summed E-state index contributed by atoms with van der Waals surface area (Å²) in [7, 11) is 1.42. The summed E-state index contributed by atoms with van der Waals surface area (Å²) in [5.74, 6) is -2.19. The van der Waals surface area contributed by atoms with Gasteiger partial charge in [-0.25, -0.2) is 13.8 Å². The van der Waals surface area contributed by atoms with Crippen molar-refractivity contribution in [2.45, 2.75) is 6.18 Å². The normalized spacial score (nSPS) is 12.1. The maximum absolute atomic E-state index is 14.2. The Balaban J connectivity index is 1.71. The summed E-state index contributed by atoms with van der Waals surface area (Å²) in [6, 6.07) is 14.1. The van der Waals surface area contributed by atoms with Gasteiger partial charge in [0.05, 0.1) is 29.4 Å². The first-order valence-corrected chi connectivity index (χ1v) is 9.47. The zero-order valence-electron chi connectivity index (χ0n) is 16.5. The van der Waals surface area contributed by atoms with E-state index in [1.807, 2.05) is 0 Å². The molecule has 0 radical (unpaired) electrons. The number of rotatable bonds is 3. The number of hydrogen-bond donors (Lipinski definition) is 1. The van der Waals surface area contributed by atoms with E-state index in [-0.39, 0.29) is 28.0 Å². The Morgan fingerprint density at radius 3 is 2.38 bits per heavy atom. The molecule has 0 unspecified atom stereocenters. The van der Waals surface area contributed by atoms with Crippen LogP contribution in [0.4, 0.5) is 22.0 Å². The second-order valence-corrected chi connectivity index (χ2v) is 7.17. The molecular formula is C23H14F5N3O. The molecule has 1 N–H and O–H groups in total. The van der Waals surface area contributed by atoms with Gasteiger partial charge in [0, 0.05) is 22.7 Å². The van der Waals surface area contributed by atoms with E-state index in [2.05, 4.69) is 9.97 Å². The molecule has 32 heavy (non-hydrogen) atoms. The van der Waals surface area contributed by atoms with Gasteiger partial charge in [0.2, 0.25) is 5.82 Å². The minimum Gasteiger partial charge on any atom is -0.497 e. The van der Waals surface area contributed by atoms with Crippen molar-refractivity contribution in [2.75, 3.05) is 7.11 Å². The highest BCUT2D eigenvalue weighted by atomic mass is 19.4. The molecule has 0 bridgehead atoms. The molecule has 0 saturated heterocycles. The van der Waals surface area contributed by atoms with Gasteiger partial charge >= 0.3 is 6.18 Å². The van der Waals surface area contributed by atoms with Crippen LogP contribution in [-0.4, -0.2) is 21.6 Å². The van der Waals surface area contributed by atoms with E-state index >= 15 is 0 Å². The lowest BCUT2D eigenvalue weighted by Gasteiger charge is -2.11. The number of methoxy groups -OCH3 is 1. The molecule has 2 heterocycles. The maximum Gasteiger partial charge on any atom is 0.450 e. The van der Waals surface area contributed by atoms with Crippen LogP contribution in [0.25, 0.3) is 38.9 Å². The number of halogens is 5. The van der Waals surface area contributed by atoms with Crippen LogP contribution in [0.1, 0.15) is 5.82 Å². The van der Waals surface area contributed by atoms with Gasteiger partial charge in [0.15, 0.2) is 0 Å². The summed E-state index contributed by atoms with van der Waals surface area (Å²) in [6.07, 6.45) is -4.71. The molecule has 0 amide bonds. The van der Waals surface area contributed by atoms with Crippen LogP contribution in [0.5, 0.6) is 5.75 Å². The highest BCUT2D eigenvalue weighted by Gasteiger charge is 2.38. The zero-order chi connectivity index (χ0) is 22.6. The van der Waals surface area contributed by atoms with Crippen LogP contribution >= 0.6 is 0 Å². The van der Waals surface area contributed by atoms with Crippen LogP contribution in [0, 0.1) is 11.6 Å². The Labute approximate surface area is 177 Å². The quantitative estimate of drug-likeness (QED) is 0.325. The van der Waals surface area contributed by atoms with Crippen LogP contribution < -0.4 is 4.74 Å². The Morgan fingerprint density at radius 2 is 1.69 bits per heavy atom. The third-order valence-electron chi connectivity index (χ3n) is 5.21. The summed E-state index contributed by atoms with van der Waals surface area (Å²) in [5.41, 5.74) is 1.04. The third kappa shape index (κ3) is 3.17. The summed E-state index contributed by atoms with van der Waals surface area (Å²) in [4.78, 5) is 6.70. The third-order valence-corrected chi connectivity index (χ3v) is 5.21. The number of nitrogens with zero attached hydrogens (tertiary/aromatic N) is 2. The molecule has 4 nitrogen and oxygen atoms in total. The Bertz CT molecular complexity index is 1460. The number of alkyl halides is 3. The van der Waals surface area contributed by atoms with E-state index in [1.54, 1.807) is 12.1 Å². The molecule has 0 aliphatic carbocycles. The lowest BCUT2D eigenvalue weighted by molar-refractivity contribution is -0.145. The van der Waals surface area contributed by atoms with Gasteiger partial charge in [-0.1, -0.05) is 6.07 Å². The summed E-state index contributed by atoms with van der Waals surface area (Å²) in [5, 5.41) is 0.489. The highest BCUT2D eigenvalue weighted by Crippen LogP contribution is 2.36. The molecule has 0 aliphatic heterocycles. The van der Waals surface area contributed by atoms with Gasteiger partial charge in [0.1, 0.15) is 17.4 Å². The van der Waals surface area contributed by atoms with E-state index < -0.39 is 23.6 Å². The minimum absolute atomic E-state index is 0.125. The van der Waals surface area contributed by atoms with Crippen LogP contribution in [-0.2, 0) is 6.18 Å². The second kappa shape index (κ2) is 7.08. The molecule has 0 aliphatic rings. The van der Waals surface area contributed by atoms with Crippen molar-refractivity contribution < 1.29 is 26.7 Å². The van der Waals surface area contributed by atoms with E-state index in [4.69, 9.17) is 4.74 Å². The highest BCUT2D eigenvalue weighted by molar-refractivity contribution is 5.89. The lowest BCUT2D eigenvalue weighted by Crippen LogP contribution is -2.13. The fourth-order valence-electron chi connectivity index (χ4n) is 3.79. The van der Waals surface area contributed by atoms with Gasteiger partial charge in [-0.3, -0.25) is 4.57 Å². The first-order chi connectivity index (χ1) is 15.3. The number of aromatic amines is 1. The fraction of sp³-hybridized carbons (Fsp3) is 0.0870. The maximum atomic E-state index is 14.2. The number of benzene rings is 3. The van der Waals surface area contributed by atoms with Crippen molar-refractivity contribution >= 4 is 21.9 Å². The zero-order valence-corrected chi connectivity index (χ0v) is 16.5. The lowest BCUT2D eigenvalue weighted by atomic mass is 10.1. The number of H-pyrrole nitrogens is 1. The van der Waals surface area contributed by atoms with Gasteiger partial charge in [0.25, 0.3) is 0 Å². The number of imidazole rings is 1. The average Bonchev–Trinajstić information content (AvgIpc) is 3.33. The number of fused-ring (bicyclic) bond motifs is 2. The average molecular weight is 443 g/mol. The van der Waals surface area contributed by atoms with Crippen molar-refractivity contribution in [1.29, 1.82) is 0 Å². The number of ether oxygens (including phenoxy) is 1. The van der Waals surface area contributed by atoms with Crippen molar-refractivity contribution in [2.24, 2.45) is 0 Å². The molecule has 162 valence electrons. The van der Waals surface area contributed by atoms with E-state index in [1.165, 1.54) is 43.5 Å². The molecule has 0 atom stereocenters. The Kier molecular flexibility index (Phi) is 4.44. The van der Waals surface area contributed by atoms with E-state index in [9.17, 15) is 22.0 Å². The molecule has 0 saturated carbocycles. The summed E-state index contributed by atoms with van der Waals surface area (Å²) >= 11 is 0. The molecule has 3 aromatic carbocycles. The Hall–Kier alpha value is -3.88. The molecule has 0 fully saturated rings. The van der Waals surface area contributed by atoms with Gasteiger partial charge in [-0.15, -0.1) is 0 Å². The monoisotopic (exact) mass is 443 g/mol. The van der Waals surface area contributed by atoms with Crippen molar-refractivity contribution in [3.8, 4) is 22.7 Å². The second-order valence-electron chi connectivity index (χ2n) is 7.17. The molecule has 5 rings (SSSR count). The Morgan fingerprint density at radius 1 is 0.938 bits per heavy atom. The largest absolute Gasteiger partial charge is 0.497 e. The van der Waals surface area contributed by atoms with Crippen LogP contribution in [0.3, 0.4) is 0 Å². The molecule has 2 aromatic heterocycles. The SMILES string of the molecule is COc1ccc2c(c1)nc(C(F)(F)F)n2-c1ccc2[nH]c(-c3c(F)cccc3F)cc2c1. The molecule has 0 spiro atoms. The van der Waals surface area contributed by atoms with E-state index in [0.29, 0.717) is 16.7 Å². The van der Waals surface area contributed by atoms with Gasteiger partial charge in [-0.05, 0) is 48.5 Å². The first kappa shape index (κ1) is 20.0. The number of hydrogen-bond acceptors (Lipinski definition) is 2. The van der Waals surface area contributed by atoms with E-state index in [0.717, 1.165) is 16.7 Å².